The second-order valence-corrected chi connectivity index (χ2v) is 6.87. The average Bonchev–Trinajstić information content (AvgIpc) is 2.98. The summed E-state index contributed by atoms with van der Waals surface area (Å²) < 4.78 is 15.2. The Balaban J connectivity index is 1.69. The molecule has 0 aliphatic carbocycles. The first-order valence-corrected chi connectivity index (χ1v) is 8.61. The third-order valence-corrected chi connectivity index (χ3v) is 4.69. The predicted molar refractivity (Wildman–Crippen MR) is 93.4 cm³/mol. The Labute approximate surface area is 147 Å². The molecule has 1 aliphatic heterocycles. The van der Waals surface area contributed by atoms with Gasteiger partial charge in [-0.3, -0.25) is 9.69 Å². The number of aryl methyl sites for hydroxylation is 1. The lowest BCUT2D eigenvalue weighted by molar-refractivity contribution is -0.123. The number of nitrogens with one attached hydrogen (secondary N) is 1. The van der Waals surface area contributed by atoms with E-state index in [0.29, 0.717) is 25.0 Å². The van der Waals surface area contributed by atoms with Crippen molar-refractivity contribution in [2.45, 2.75) is 45.3 Å². The summed E-state index contributed by atoms with van der Waals surface area (Å²) in [5.74, 6) is 1.37. The molecule has 0 spiro atoms. The number of likely N-dealkylation sites (N-methyl/N-ethyl adjacent to an activating group) is 1. The first-order chi connectivity index (χ1) is 11.9. The summed E-state index contributed by atoms with van der Waals surface area (Å²) in [6.07, 6.45) is 1.61. The molecule has 0 saturated heterocycles. The standard InChI is InChI=1S/C18H24FN5O/c1-12(2)23(3)11-17(25)20-15-8-9-16-21-22-18(24(16)10-15)13-4-6-14(19)7-5-13/h4-7,12,15H,8-11H2,1-3H3,(H,20,25). The van der Waals surface area contributed by atoms with Crippen LogP contribution in [-0.2, 0) is 17.8 Å². The van der Waals surface area contributed by atoms with Crippen LogP contribution < -0.4 is 5.32 Å². The van der Waals surface area contributed by atoms with E-state index in [0.717, 1.165) is 24.2 Å². The number of carbonyl (C=O) groups is 1. The van der Waals surface area contributed by atoms with Crippen LogP contribution in [0.3, 0.4) is 0 Å². The molecule has 1 aliphatic rings. The van der Waals surface area contributed by atoms with Gasteiger partial charge >= 0.3 is 0 Å². The normalized spacial score (nSPS) is 17.0. The molecule has 1 atom stereocenters. The van der Waals surface area contributed by atoms with E-state index in [4.69, 9.17) is 0 Å². The average molecular weight is 345 g/mol. The Hall–Kier alpha value is -2.28. The Morgan fingerprint density at radius 3 is 2.76 bits per heavy atom. The fourth-order valence-corrected chi connectivity index (χ4v) is 2.94. The molecule has 1 unspecified atom stereocenters. The van der Waals surface area contributed by atoms with Crippen LogP contribution >= 0.6 is 0 Å². The van der Waals surface area contributed by atoms with E-state index >= 15 is 0 Å². The van der Waals surface area contributed by atoms with E-state index in [1.165, 1.54) is 12.1 Å². The number of halogens is 1. The van der Waals surface area contributed by atoms with E-state index in [-0.39, 0.29) is 17.8 Å². The topological polar surface area (TPSA) is 63.1 Å². The van der Waals surface area contributed by atoms with Crippen LogP contribution in [0.4, 0.5) is 4.39 Å². The summed E-state index contributed by atoms with van der Waals surface area (Å²) >= 11 is 0. The van der Waals surface area contributed by atoms with Crippen LogP contribution in [0.25, 0.3) is 11.4 Å². The minimum absolute atomic E-state index is 0.0288. The molecule has 0 bridgehead atoms. The number of fused-ring (bicyclic) bond motifs is 1. The summed E-state index contributed by atoms with van der Waals surface area (Å²) in [6, 6.07) is 6.61. The molecule has 1 aromatic heterocycles. The number of carbonyl (C=O) groups excluding carboxylic acids is 1. The maximum atomic E-state index is 13.1. The summed E-state index contributed by atoms with van der Waals surface area (Å²) in [4.78, 5) is 14.2. The van der Waals surface area contributed by atoms with Crippen molar-refractivity contribution >= 4 is 5.91 Å². The Morgan fingerprint density at radius 1 is 1.36 bits per heavy atom. The van der Waals surface area contributed by atoms with Crippen LogP contribution in [0, 0.1) is 5.82 Å². The molecule has 1 aromatic carbocycles. The van der Waals surface area contributed by atoms with Gasteiger partial charge in [-0.15, -0.1) is 10.2 Å². The molecular formula is C18H24FN5O. The molecular weight excluding hydrogens is 321 g/mol. The van der Waals surface area contributed by atoms with Gasteiger partial charge in [0.05, 0.1) is 6.54 Å². The van der Waals surface area contributed by atoms with E-state index in [1.54, 1.807) is 12.1 Å². The molecule has 1 amide bonds. The van der Waals surface area contributed by atoms with E-state index in [1.807, 2.05) is 16.5 Å². The minimum atomic E-state index is -0.276. The van der Waals surface area contributed by atoms with Gasteiger partial charge in [0.15, 0.2) is 5.82 Å². The maximum absolute atomic E-state index is 13.1. The molecule has 7 heteroatoms. The molecule has 3 rings (SSSR count). The van der Waals surface area contributed by atoms with Crippen LogP contribution in [0.1, 0.15) is 26.1 Å². The van der Waals surface area contributed by atoms with Crippen molar-refractivity contribution in [3.63, 3.8) is 0 Å². The third-order valence-electron chi connectivity index (χ3n) is 4.69. The van der Waals surface area contributed by atoms with E-state index in [2.05, 4.69) is 29.4 Å². The van der Waals surface area contributed by atoms with Crippen molar-refractivity contribution in [1.82, 2.24) is 25.0 Å². The highest BCUT2D eigenvalue weighted by atomic mass is 19.1. The van der Waals surface area contributed by atoms with Gasteiger partial charge in [0.2, 0.25) is 5.91 Å². The van der Waals surface area contributed by atoms with Gasteiger partial charge in [0.25, 0.3) is 0 Å². The van der Waals surface area contributed by atoms with Gasteiger partial charge in [-0.05, 0) is 51.6 Å². The zero-order valence-corrected chi connectivity index (χ0v) is 14.9. The quantitative estimate of drug-likeness (QED) is 0.898. The number of aromatic nitrogens is 3. The SMILES string of the molecule is CC(C)N(C)CC(=O)NC1CCc2nnc(-c3ccc(F)cc3)n2C1. The lowest BCUT2D eigenvalue weighted by Gasteiger charge is -2.27. The van der Waals surface area contributed by atoms with Crippen LogP contribution in [0.5, 0.6) is 0 Å². The fourth-order valence-electron chi connectivity index (χ4n) is 2.94. The number of benzene rings is 1. The van der Waals surface area contributed by atoms with Crippen LogP contribution in [-0.4, -0.2) is 51.2 Å². The number of nitrogens with zero attached hydrogens (tertiary/aromatic N) is 4. The highest BCUT2D eigenvalue weighted by Crippen LogP contribution is 2.23. The first kappa shape index (κ1) is 17.5. The minimum Gasteiger partial charge on any atom is -0.350 e. The Kier molecular flexibility index (Phi) is 5.13. The molecule has 134 valence electrons. The number of amides is 1. The highest BCUT2D eigenvalue weighted by Gasteiger charge is 2.25. The van der Waals surface area contributed by atoms with Gasteiger partial charge in [-0.2, -0.15) is 0 Å². The van der Waals surface area contributed by atoms with Crippen molar-refractivity contribution in [2.24, 2.45) is 0 Å². The molecule has 1 N–H and O–H groups in total. The Morgan fingerprint density at radius 2 is 2.08 bits per heavy atom. The molecule has 25 heavy (non-hydrogen) atoms. The van der Waals surface area contributed by atoms with Gasteiger partial charge in [0, 0.05) is 30.6 Å². The first-order valence-electron chi connectivity index (χ1n) is 8.61. The van der Waals surface area contributed by atoms with Crippen molar-refractivity contribution in [3.8, 4) is 11.4 Å². The monoisotopic (exact) mass is 345 g/mol. The third kappa shape index (κ3) is 4.04. The smallest absolute Gasteiger partial charge is 0.234 e. The highest BCUT2D eigenvalue weighted by molar-refractivity contribution is 5.78. The number of hydrogen-bond acceptors (Lipinski definition) is 4. The summed E-state index contributed by atoms with van der Waals surface area (Å²) in [6.45, 7) is 5.14. The summed E-state index contributed by atoms with van der Waals surface area (Å²) in [7, 11) is 1.94. The zero-order chi connectivity index (χ0) is 18.0. The molecule has 6 nitrogen and oxygen atoms in total. The van der Waals surface area contributed by atoms with Crippen molar-refractivity contribution in [2.75, 3.05) is 13.6 Å². The predicted octanol–water partition coefficient (Wildman–Crippen LogP) is 1.86. The lowest BCUT2D eigenvalue weighted by atomic mass is 10.1. The zero-order valence-electron chi connectivity index (χ0n) is 14.9. The van der Waals surface area contributed by atoms with Gasteiger partial charge in [-0.25, -0.2) is 4.39 Å². The van der Waals surface area contributed by atoms with Crippen molar-refractivity contribution in [1.29, 1.82) is 0 Å². The second-order valence-electron chi connectivity index (χ2n) is 6.87. The van der Waals surface area contributed by atoms with Gasteiger partial charge in [0.1, 0.15) is 11.6 Å². The lowest BCUT2D eigenvalue weighted by Crippen LogP contribution is -2.46. The van der Waals surface area contributed by atoms with Gasteiger partial charge in [-0.1, -0.05) is 0 Å². The van der Waals surface area contributed by atoms with Crippen molar-refractivity contribution in [3.05, 3.63) is 35.9 Å². The summed E-state index contributed by atoms with van der Waals surface area (Å²) in [5.41, 5.74) is 0.826. The second kappa shape index (κ2) is 7.31. The van der Waals surface area contributed by atoms with E-state index < -0.39 is 0 Å². The van der Waals surface area contributed by atoms with E-state index in [9.17, 15) is 9.18 Å². The fraction of sp³-hybridized carbons (Fsp3) is 0.500. The molecule has 0 fully saturated rings. The van der Waals surface area contributed by atoms with Gasteiger partial charge < -0.3 is 9.88 Å². The number of hydrogen-bond donors (Lipinski definition) is 1. The largest absolute Gasteiger partial charge is 0.350 e. The molecule has 2 heterocycles. The van der Waals surface area contributed by atoms with Crippen LogP contribution in [0.2, 0.25) is 0 Å². The summed E-state index contributed by atoms with van der Waals surface area (Å²) in [5, 5.41) is 11.6. The maximum Gasteiger partial charge on any atom is 0.234 e. The molecule has 2 aromatic rings. The number of rotatable bonds is 5. The molecule has 0 saturated carbocycles. The Bertz CT molecular complexity index is 740. The van der Waals surface area contributed by atoms with Crippen LogP contribution in [0.15, 0.2) is 24.3 Å². The molecule has 0 radical (unpaired) electrons. The van der Waals surface area contributed by atoms with Crippen molar-refractivity contribution < 1.29 is 9.18 Å².